The minimum atomic E-state index is 0.569. The van der Waals surface area contributed by atoms with E-state index in [1.165, 1.54) is 0 Å². The third kappa shape index (κ3) is 6.06. The molecule has 2 heterocycles. The van der Waals surface area contributed by atoms with E-state index in [4.69, 9.17) is 19.4 Å². The van der Waals surface area contributed by atoms with Gasteiger partial charge in [0.2, 0.25) is 0 Å². The van der Waals surface area contributed by atoms with Crippen molar-refractivity contribution in [1.29, 1.82) is 0 Å². The Bertz CT molecular complexity index is 2860. The van der Waals surface area contributed by atoms with Gasteiger partial charge in [-0.15, -0.1) is 0 Å². The lowest BCUT2D eigenvalue weighted by Crippen LogP contribution is -2.01. The molecule has 258 valence electrons. The van der Waals surface area contributed by atoms with Crippen molar-refractivity contribution >= 4 is 21.9 Å². The van der Waals surface area contributed by atoms with Crippen LogP contribution in [0.4, 0.5) is 0 Å². The van der Waals surface area contributed by atoms with Crippen LogP contribution in [0.3, 0.4) is 0 Å². The van der Waals surface area contributed by atoms with E-state index in [2.05, 4.69) is 176 Å². The lowest BCUT2D eigenvalue weighted by atomic mass is 9.95. The zero-order chi connectivity index (χ0) is 36.6. The molecule has 0 bridgehead atoms. The van der Waals surface area contributed by atoms with Crippen molar-refractivity contribution in [2.24, 2.45) is 0 Å². The number of aromatic nitrogens is 3. The van der Waals surface area contributed by atoms with E-state index in [0.717, 1.165) is 83.1 Å². The Morgan fingerprint density at radius 3 is 1.27 bits per heavy atom. The molecule has 0 aliphatic rings. The summed E-state index contributed by atoms with van der Waals surface area (Å²) in [4.78, 5) is 15.7. The minimum Gasteiger partial charge on any atom is -0.455 e. The van der Waals surface area contributed by atoms with Gasteiger partial charge in [0.15, 0.2) is 17.5 Å². The van der Waals surface area contributed by atoms with Gasteiger partial charge in [-0.2, -0.15) is 0 Å². The molecule has 10 aromatic rings. The second kappa shape index (κ2) is 13.8. The Morgan fingerprint density at radius 2 is 0.709 bits per heavy atom. The van der Waals surface area contributed by atoms with Gasteiger partial charge >= 0.3 is 0 Å². The maximum absolute atomic E-state index is 6.97. The highest BCUT2D eigenvalue weighted by Crippen LogP contribution is 2.44. The van der Waals surface area contributed by atoms with Crippen LogP contribution in [0.2, 0.25) is 0 Å². The summed E-state index contributed by atoms with van der Waals surface area (Å²) in [6, 6.07) is 69.1. The Hall–Kier alpha value is -7.43. The zero-order valence-electron chi connectivity index (χ0n) is 29.8. The largest absolute Gasteiger partial charge is 0.455 e. The summed E-state index contributed by atoms with van der Waals surface area (Å²) >= 11 is 0. The fourth-order valence-corrected chi connectivity index (χ4v) is 7.48. The molecule has 0 unspecified atom stereocenters. The minimum absolute atomic E-state index is 0.569. The topological polar surface area (TPSA) is 51.8 Å². The number of hydrogen-bond acceptors (Lipinski definition) is 4. The van der Waals surface area contributed by atoms with Crippen LogP contribution in [0, 0.1) is 0 Å². The molecule has 0 atom stereocenters. The normalized spacial score (nSPS) is 11.3. The fourth-order valence-electron chi connectivity index (χ4n) is 7.48. The van der Waals surface area contributed by atoms with Crippen LogP contribution in [0.25, 0.3) is 101 Å². The van der Waals surface area contributed by atoms with E-state index >= 15 is 0 Å². The number of rotatable bonds is 7. The molecular formula is C51H33N3O. The highest BCUT2D eigenvalue weighted by molar-refractivity contribution is 6.15. The van der Waals surface area contributed by atoms with Gasteiger partial charge in [0, 0.05) is 38.6 Å². The van der Waals surface area contributed by atoms with Crippen LogP contribution in [-0.4, -0.2) is 15.0 Å². The second-order valence-electron chi connectivity index (χ2n) is 13.6. The monoisotopic (exact) mass is 703 g/mol. The first kappa shape index (κ1) is 32.2. The molecule has 0 aliphatic heterocycles. The van der Waals surface area contributed by atoms with Gasteiger partial charge in [-0.05, 0) is 57.6 Å². The Kier molecular flexibility index (Phi) is 8.12. The van der Waals surface area contributed by atoms with Crippen molar-refractivity contribution in [1.82, 2.24) is 15.0 Å². The first-order chi connectivity index (χ1) is 27.3. The summed E-state index contributed by atoms with van der Waals surface area (Å²) in [6.45, 7) is 0. The van der Waals surface area contributed by atoms with Crippen molar-refractivity contribution in [3.63, 3.8) is 0 Å². The average Bonchev–Trinajstić information content (AvgIpc) is 3.66. The van der Waals surface area contributed by atoms with Gasteiger partial charge in [0.1, 0.15) is 11.2 Å². The van der Waals surface area contributed by atoms with E-state index in [1.807, 2.05) is 24.3 Å². The van der Waals surface area contributed by atoms with E-state index in [0.29, 0.717) is 17.5 Å². The fraction of sp³-hybridized carbons (Fsp3) is 0. The molecule has 0 aliphatic carbocycles. The molecule has 0 fully saturated rings. The molecule has 2 aromatic heterocycles. The molecule has 8 aromatic carbocycles. The molecule has 0 N–H and O–H groups in total. The summed E-state index contributed by atoms with van der Waals surface area (Å²) in [6.07, 6.45) is 0. The quantitative estimate of drug-likeness (QED) is 0.166. The van der Waals surface area contributed by atoms with Gasteiger partial charge in [-0.25, -0.2) is 15.0 Å². The van der Waals surface area contributed by atoms with E-state index in [-0.39, 0.29) is 0 Å². The van der Waals surface area contributed by atoms with Crippen LogP contribution >= 0.6 is 0 Å². The molecule has 4 heteroatoms. The SMILES string of the molecule is c1ccc(-c2cccc(-c3nc(-c4cccc(-c5ccccc5)c4)nc(-c4ccc5c(oc6c(-c7ccccc7)cccc65)c4-c4ccccc4)n3)c2)cc1. The Morgan fingerprint density at radius 1 is 0.273 bits per heavy atom. The standard InChI is InChI=1S/C51H33N3O/c1-5-16-34(17-6-1)38-24-13-26-40(32-38)49-52-50(41-27-14-25-39(33-41)35-18-7-2-8-19-35)54-51(53-49)45-31-30-44-43-29-15-28-42(36-20-9-3-10-21-36)47(43)55-48(44)46(45)37-22-11-4-12-23-37/h1-33H. The molecule has 0 saturated carbocycles. The number of nitrogens with zero attached hydrogens (tertiary/aromatic N) is 3. The number of benzene rings is 8. The summed E-state index contributed by atoms with van der Waals surface area (Å²) in [7, 11) is 0. The summed E-state index contributed by atoms with van der Waals surface area (Å²) in [5, 5.41) is 2.10. The van der Waals surface area contributed by atoms with Crippen molar-refractivity contribution in [3.05, 3.63) is 200 Å². The van der Waals surface area contributed by atoms with Crippen LogP contribution in [0.15, 0.2) is 205 Å². The van der Waals surface area contributed by atoms with Crippen LogP contribution in [0.5, 0.6) is 0 Å². The van der Waals surface area contributed by atoms with Gasteiger partial charge < -0.3 is 4.42 Å². The van der Waals surface area contributed by atoms with Crippen LogP contribution < -0.4 is 0 Å². The highest BCUT2D eigenvalue weighted by Gasteiger charge is 2.22. The van der Waals surface area contributed by atoms with Crippen molar-refractivity contribution in [2.75, 3.05) is 0 Å². The molecular weight excluding hydrogens is 671 g/mol. The van der Waals surface area contributed by atoms with E-state index in [1.54, 1.807) is 0 Å². The number of para-hydroxylation sites is 1. The molecule has 0 radical (unpaired) electrons. The summed E-state index contributed by atoms with van der Waals surface area (Å²) in [5.41, 5.74) is 12.9. The third-order valence-electron chi connectivity index (χ3n) is 10.1. The van der Waals surface area contributed by atoms with Crippen molar-refractivity contribution < 1.29 is 4.42 Å². The maximum atomic E-state index is 6.97. The number of hydrogen-bond donors (Lipinski definition) is 0. The first-order valence-corrected chi connectivity index (χ1v) is 18.4. The average molecular weight is 704 g/mol. The number of fused-ring (bicyclic) bond motifs is 3. The first-order valence-electron chi connectivity index (χ1n) is 18.4. The smallest absolute Gasteiger partial charge is 0.164 e. The molecule has 55 heavy (non-hydrogen) atoms. The maximum Gasteiger partial charge on any atom is 0.164 e. The zero-order valence-corrected chi connectivity index (χ0v) is 29.8. The highest BCUT2D eigenvalue weighted by atomic mass is 16.3. The van der Waals surface area contributed by atoms with Crippen molar-refractivity contribution in [2.45, 2.75) is 0 Å². The predicted molar refractivity (Wildman–Crippen MR) is 225 cm³/mol. The number of furan rings is 1. The molecule has 0 saturated heterocycles. The second-order valence-corrected chi connectivity index (χ2v) is 13.6. The Labute approximate surface area is 319 Å². The van der Waals surface area contributed by atoms with Gasteiger partial charge in [-0.3, -0.25) is 0 Å². The lowest BCUT2D eigenvalue weighted by molar-refractivity contribution is 0.671. The van der Waals surface area contributed by atoms with Gasteiger partial charge in [0.25, 0.3) is 0 Å². The van der Waals surface area contributed by atoms with Gasteiger partial charge in [-0.1, -0.05) is 176 Å². The Balaban J connectivity index is 1.23. The van der Waals surface area contributed by atoms with Crippen LogP contribution in [0.1, 0.15) is 0 Å². The van der Waals surface area contributed by atoms with E-state index in [9.17, 15) is 0 Å². The summed E-state index contributed by atoms with van der Waals surface area (Å²) < 4.78 is 6.97. The van der Waals surface area contributed by atoms with Crippen molar-refractivity contribution in [3.8, 4) is 78.7 Å². The lowest BCUT2D eigenvalue weighted by Gasteiger charge is -2.13. The van der Waals surface area contributed by atoms with Crippen LogP contribution in [-0.2, 0) is 0 Å². The van der Waals surface area contributed by atoms with Gasteiger partial charge in [0.05, 0.1) is 0 Å². The third-order valence-corrected chi connectivity index (χ3v) is 10.1. The predicted octanol–water partition coefficient (Wildman–Crippen LogP) is 13.4. The molecule has 0 amide bonds. The summed E-state index contributed by atoms with van der Waals surface area (Å²) in [5.74, 6) is 1.76. The molecule has 10 rings (SSSR count). The molecule has 4 nitrogen and oxygen atoms in total. The molecule has 0 spiro atoms. The van der Waals surface area contributed by atoms with E-state index < -0.39 is 0 Å².